The Bertz CT molecular complexity index is 588. The van der Waals surface area contributed by atoms with Crippen LogP contribution in [0.2, 0.25) is 0 Å². The lowest BCUT2D eigenvalue weighted by molar-refractivity contribution is 0.0851. The monoisotopic (exact) mass is 365 g/mol. The van der Waals surface area contributed by atoms with Crippen LogP contribution < -0.4 is 14.8 Å². The molecular weight excluding hydrogens is 338 g/mol. The first kappa shape index (κ1) is 19.7. The maximum Gasteiger partial charge on any atom is 0.409 e. The van der Waals surface area contributed by atoms with E-state index in [0.29, 0.717) is 58.3 Å². The van der Waals surface area contributed by atoms with E-state index in [-0.39, 0.29) is 12.1 Å². The second-order valence-electron chi connectivity index (χ2n) is 5.66. The van der Waals surface area contributed by atoms with Crippen LogP contribution in [0, 0.1) is 0 Å². The summed E-state index contributed by atoms with van der Waals surface area (Å²) < 4.78 is 16.0. The van der Waals surface area contributed by atoms with Crippen LogP contribution in [0.3, 0.4) is 0 Å². The highest BCUT2D eigenvalue weighted by molar-refractivity contribution is 5.75. The van der Waals surface area contributed by atoms with E-state index in [9.17, 15) is 9.59 Å². The number of nitrogens with one attached hydrogen (secondary N) is 1. The minimum absolute atomic E-state index is 0.153. The molecule has 0 aliphatic carbocycles. The Hall–Kier alpha value is -2.64. The number of hydrogen-bond acceptors (Lipinski definition) is 5. The third kappa shape index (κ3) is 6.02. The molecule has 0 radical (unpaired) electrons. The standard InChI is InChI=1S/C18H27N3O5/c1-3-24-15-6-5-7-16(14-15)26-13-8-19-17(22)20-9-11-21(12-10-20)18(23)25-4-2/h5-7,14H,3-4,8-13H2,1-2H3,(H,19,22). The molecule has 3 amide bonds. The van der Waals surface area contributed by atoms with Gasteiger partial charge >= 0.3 is 12.1 Å². The fourth-order valence-electron chi connectivity index (χ4n) is 2.57. The highest BCUT2D eigenvalue weighted by atomic mass is 16.6. The summed E-state index contributed by atoms with van der Waals surface area (Å²) >= 11 is 0. The normalized spacial score (nSPS) is 13.9. The van der Waals surface area contributed by atoms with Crippen LogP contribution >= 0.6 is 0 Å². The van der Waals surface area contributed by atoms with Crippen LogP contribution in [-0.2, 0) is 4.74 Å². The maximum atomic E-state index is 12.2. The first-order chi connectivity index (χ1) is 12.6. The molecule has 1 heterocycles. The van der Waals surface area contributed by atoms with Crippen LogP contribution in [0.1, 0.15) is 13.8 Å². The first-order valence-electron chi connectivity index (χ1n) is 8.94. The number of rotatable bonds is 7. The summed E-state index contributed by atoms with van der Waals surface area (Å²) in [7, 11) is 0. The largest absolute Gasteiger partial charge is 0.494 e. The number of hydrogen-bond donors (Lipinski definition) is 1. The van der Waals surface area contributed by atoms with Crippen LogP contribution in [0.25, 0.3) is 0 Å². The highest BCUT2D eigenvalue weighted by Crippen LogP contribution is 2.19. The molecule has 0 unspecified atom stereocenters. The van der Waals surface area contributed by atoms with Gasteiger partial charge < -0.3 is 29.3 Å². The Morgan fingerprint density at radius 2 is 1.65 bits per heavy atom. The van der Waals surface area contributed by atoms with Crippen molar-refractivity contribution in [2.24, 2.45) is 0 Å². The van der Waals surface area contributed by atoms with Gasteiger partial charge in [0.2, 0.25) is 0 Å². The van der Waals surface area contributed by atoms with Crippen molar-refractivity contribution in [1.29, 1.82) is 0 Å². The van der Waals surface area contributed by atoms with Crippen LogP contribution in [0.4, 0.5) is 9.59 Å². The van der Waals surface area contributed by atoms with E-state index >= 15 is 0 Å². The smallest absolute Gasteiger partial charge is 0.409 e. The molecule has 1 aliphatic heterocycles. The predicted octanol–water partition coefficient (Wildman–Crippen LogP) is 1.95. The molecule has 8 nitrogen and oxygen atoms in total. The summed E-state index contributed by atoms with van der Waals surface area (Å²) in [4.78, 5) is 27.1. The molecule has 1 aromatic rings. The van der Waals surface area contributed by atoms with Crippen LogP contribution in [-0.4, -0.2) is 74.5 Å². The zero-order chi connectivity index (χ0) is 18.8. The quantitative estimate of drug-likeness (QED) is 0.747. The number of piperazine rings is 1. The molecule has 0 bridgehead atoms. The van der Waals surface area contributed by atoms with Gasteiger partial charge in [-0.25, -0.2) is 9.59 Å². The molecule has 26 heavy (non-hydrogen) atoms. The van der Waals surface area contributed by atoms with Gasteiger partial charge in [0.05, 0.1) is 19.8 Å². The fraction of sp³-hybridized carbons (Fsp3) is 0.556. The Labute approximate surface area is 154 Å². The number of ether oxygens (including phenoxy) is 3. The summed E-state index contributed by atoms with van der Waals surface area (Å²) in [5.41, 5.74) is 0. The van der Waals surface area contributed by atoms with Gasteiger partial charge in [-0.1, -0.05) is 6.07 Å². The molecule has 1 aliphatic rings. The number of benzene rings is 1. The average Bonchev–Trinajstić information content (AvgIpc) is 2.66. The van der Waals surface area contributed by atoms with E-state index in [1.165, 1.54) is 0 Å². The number of nitrogens with zero attached hydrogens (tertiary/aromatic N) is 2. The molecule has 1 fully saturated rings. The molecule has 8 heteroatoms. The van der Waals surface area contributed by atoms with Crippen molar-refractivity contribution in [2.75, 3.05) is 52.5 Å². The number of carbonyl (C=O) groups excluding carboxylic acids is 2. The molecule has 1 aromatic carbocycles. The Kier molecular flexibility index (Phi) is 7.85. The zero-order valence-electron chi connectivity index (χ0n) is 15.4. The number of urea groups is 1. The highest BCUT2D eigenvalue weighted by Gasteiger charge is 2.24. The van der Waals surface area contributed by atoms with Crippen molar-refractivity contribution in [3.63, 3.8) is 0 Å². The molecule has 1 saturated heterocycles. The molecule has 0 aromatic heterocycles. The summed E-state index contributed by atoms with van der Waals surface area (Å²) in [5.74, 6) is 1.46. The van der Waals surface area contributed by atoms with E-state index in [4.69, 9.17) is 14.2 Å². The third-order valence-corrected chi connectivity index (χ3v) is 3.86. The van der Waals surface area contributed by atoms with Gasteiger partial charge in [-0.2, -0.15) is 0 Å². The van der Waals surface area contributed by atoms with Crippen LogP contribution in [0.15, 0.2) is 24.3 Å². The minimum atomic E-state index is -0.324. The summed E-state index contributed by atoms with van der Waals surface area (Å²) in [6.45, 7) is 7.35. The molecule has 0 spiro atoms. The Morgan fingerprint density at radius 1 is 1.00 bits per heavy atom. The van der Waals surface area contributed by atoms with Gasteiger partial charge in [-0.3, -0.25) is 0 Å². The van der Waals surface area contributed by atoms with Gasteiger partial charge in [-0.05, 0) is 26.0 Å². The topological polar surface area (TPSA) is 80.3 Å². The van der Waals surface area contributed by atoms with E-state index in [1.54, 1.807) is 16.7 Å². The maximum absolute atomic E-state index is 12.2. The van der Waals surface area contributed by atoms with Gasteiger partial charge in [0.1, 0.15) is 18.1 Å². The lowest BCUT2D eigenvalue weighted by atomic mass is 10.3. The van der Waals surface area contributed by atoms with Crippen molar-refractivity contribution < 1.29 is 23.8 Å². The Balaban J connectivity index is 1.65. The van der Waals surface area contributed by atoms with Gasteiger partial charge in [-0.15, -0.1) is 0 Å². The van der Waals surface area contributed by atoms with E-state index in [0.717, 1.165) is 5.75 Å². The first-order valence-corrected chi connectivity index (χ1v) is 8.94. The third-order valence-electron chi connectivity index (χ3n) is 3.86. The lowest BCUT2D eigenvalue weighted by Gasteiger charge is -2.33. The van der Waals surface area contributed by atoms with Crippen molar-refractivity contribution >= 4 is 12.1 Å². The average molecular weight is 365 g/mol. The SMILES string of the molecule is CCOC(=O)N1CCN(C(=O)NCCOc2cccc(OCC)c2)CC1. The van der Waals surface area contributed by atoms with Crippen molar-refractivity contribution in [1.82, 2.24) is 15.1 Å². The molecular formula is C18H27N3O5. The second-order valence-corrected chi connectivity index (χ2v) is 5.66. The number of amides is 3. The van der Waals surface area contributed by atoms with Crippen molar-refractivity contribution in [3.05, 3.63) is 24.3 Å². The van der Waals surface area contributed by atoms with Gasteiger partial charge in [0, 0.05) is 32.2 Å². The molecule has 0 atom stereocenters. The van der Waals surface area contributed by atoms with Gasteiger partial charge in [0.25, 0.3) is 0 Å². The summed E-state index contributed by atoms with van der Waals surface area (Å²) in [6.07, 6.45) is -0.324. The fourth-order valence-corrected chi connectivity index (χ4v) is 2.57. The predicted molar refractivity (Wildman–Crippen MR) is 96.7 cm³/mol. The lowest BCUT2D eigenvalue weighted by Crippen LogP contribution is -2.53. The summed E-state index contributed by atoms with van der Waals surface area (Å²) in [5, 5.41) is 2.83. The van der Waals surface area contributed by atoms with Crippen molar-refractivity contribution in [2.45, 2.75) is 13.8 Å². The minimum Gasteiger partial charge on any atom is -0.494 e. The van der Waals surface area contributed by atoms with E-state index in [2.05, 4.69) is 5.32 Å². The Morgan fingerprint density at radius 3 is 2.31 bits per heavy atom. The number of carbonyl (C=O) groups is 2. The van der Waals surface area contributed by atoms with E-state index in [1.807, 2.05) is 31.2 Å². The second kappa shape index (κ2) is 10.4. The molecule has 2 rings (SSSR count). The molecule has 0 saturated carbocycles. The van der Waals surface area contributed by atoms with E-state index < -0.39 is 0 Å². The van der Waals surface area contributed by atoms with Crippen molar-refractivity contribution in [3.8, 4) is 11.5 Å². The van der Waals surface area contributed by atoms with Crippen LogP contribution in [0.5, 0.6) is 11.5 Å². The zero-order valence-corrected chi connectivity index (χ0v) is 15.4. The molecule has 1 N–H and O–H groups in total. The van der Waals surface area contributed by atoms with Gasteiger partial charge in [0.15, 0.2) is 0 Å². The summed E-state index contributed by atoms with van der Waals surface area (Å²) in [6, 6.07) is 7.25. The molecule has 144 valence electrons.